The van der Waals surface area contributed by atoms with Gasteiger partial charge in [-0.05, 0) is 25.0 Å². The van der Waals surface area contributed by atoms with Gasteiger partial charge in [-0.1, -0.05) is 48.5 Å². The first-order chi connectivity index (χ1) is 10.1. The van der Waals surface area contributed by atoms with Gasteiger partial charge in [-0.15, -0.1) is 0 Å². The molecule has 21 heavy (non-hydrogen) atoms. The van der Waals surface area contributed by atoms with Gasteiger partial charge in [-0.25, -0.2) is 0 Å². The van der Waals surface area contributed by atoms with E-state index in [-0.39, 0.29) is 18.8 Å². The minimum atomic E-state index is -2.31. The van der Waals surface area contributed by atoms with Crippen molar-refractivity contribution in [2.75, 3.05) is 6.61 Å². The standard InChI is InChI=1S/C17H19O3P/c1-13-7-6-8-14(2)17(13)21(19)20-12-11-16(18)15-9-4-3-5-10-15/h3-10,21H,11-12H2,1-2H3. The summed E-state index contributed by atoms with van der Waals surface area (Å²) in [6.07, 6.45) is 0.241. The van der Waals surface area contributed by atoms with Crippen molar-refractivity contribution in [3.63, 3.8) is 0 Å². The number of hydrogen-bond acceptors (Lipinski definition) is 3. The summed E-state index contributed by atoms with van der Waals surface area (Å²) < 4.78 is 17.7. The topological polar surface area (TPSA) is 43.4 Å². The molecule has 0 aliphatic heterocycles. The maximum atomic E-state index is 12.3. The summed E-state index contributed by atoms with van der Waals surface area (Å²) in [6, 6.07) is 14.8. The molecule has 1 unspecified atom stereocenters. The molecule has 0 amide bonds. The van der Waals surface area contributed by atoms with E-state index in [0.717, 1.165) is 16.4 Å². The van der Waals surface area contributed by atoms with Crippen LogP contribution in [0.2, 0.25) is 0 Å². The molecule has 110 valence electrons. The van der Waals surface area contributed by atoms with Crippen molar-refractivity contribution in [2.45, 2.75) is 20.3 Å². The van der Waals surface area contributed by atoms with Gasteiger partial charge in [0, 0.05) is 17.3 Å². The highest BCUT2D eigenvalue weighted by Crippen LogP contribution is 2.25. The van der Waals surface area contributed by atoms with E-state index in [4.69, 9.17) is 4.52 Å². The van der Waals surface area contributed by atoms with E-state index in [0.29, 0.717) is 5.56 Å². The van der Waals surface area contributed by atoms with Crippen molar-refractivity contribution < 1.29 is 13.9 Å². The van der Waals surface area contributed by atoms with Crippen LogP contribution in [0.4, 0.5) is 0 Å². The van der Waals surface area contributed by atoms with Gasteiger partial charge >= 0.3 is 0 Å². The van der Waals surface area contributed by atoms with Crippen molar-refractivity contribution in [2.24, 2.45) is 0 Å². The van der Waals surface area contributed by atoms with Crippen LogP contribution in [-0.2, 0) is 9.09 Å². The molecule has 0 saturated heterocycles. The number of rotatable bonds is 6. The predicted octanol–water partition coefficient (Wildman–Crippen LogP) is 3.69. The SMILES string of the molecule is Cc1cccc(C)c1[PH](=O)OCCC(=O)c1ccccc1. The number of carbonyl (C=O) groups is 1. The lowest BCUT2D eigenvalue weighted by Crippen LogP contribution is -2.09. The molecule has 0 N–H and O–H groups in total. The second kappa shape index (κ2) is 7.35. The summed E-state index contributed by atoms with van der Waals surface area (Å²) in [5, 5.41) is 0.773. The smallest absolute Gasteiger partial charge is 0.221 e. The lowest BCUT2D eigenvalue weighted by atomic mass is 10.1. The fourth-order valence-corrected chi connectivity index (χ4v) is 3.46. The highest BCUT2D eigenvalue weighted by atomic mass is 31.1. The van der Waals surface area contributed by atoms with E-state index in [2.05, 4.69) is 0 Å². The van der Waals surface area contributed by atoms with Crippen molar-refractivity contribution in [3.8, 4) is 0 Å². The first-order valence-corrected chi connectivity index (χ1v) is 8.23. The Bertz CT molecular complexity index is 630. The zero-order chi connectivity index (χ0) is 15.2. The number of benzene rings is 2. The number of carbonyl (C=O) groups excluding carboxylic acids is 1. The fourth-order valence-electron chi connectivity index (χ4n) is 2.21. The van der Waals surface area contributed by atoms with Gasteiger partial charge in [0.15, 0.2) is 5.78 Å². The van der Waals surface area contributed by atoms with E-state index < -0.39 is 8.03 Å². The van der Waals surface area contributed by atoms with Gasteiger partial charge in [0.25, 0.3) is 0 Å². The Morgan fingerprint density at radius 2 is 1.62 bits per heavy atom. The van der Waals surface area contributed by atoms with Crippen LogP contribution >= 0.6 is 8.03 Å². The quantitative estimate of drug-likeness (QED) is 0.604. The lowest BCUT2D eigenvalue weighted by molar-refractivity contribution is 0.0965. The fraction of sp³-hybridized carbons (Fsp3) is 0.235. The van der Waals surface area contributed by atoms with Crippen LogP contribution in [0, 0.1) is 13.8 Å². The van der Waals surface area contributed by atoms with Crippen LogP contribution in [0.1, 0.15) is 27.9 Å². The number of hydrogen-bond donors (Lipinski definition) is 0. The maximum Gasteiger partial charge on any atom is 0.221 e. The second-order valence-electron chi connectivity index (χ2n) is 4.94. The largest absolute Gasteiger partial charge is 0.327 e. The van der Waals surface area contributed by atoms with Gasteiger partial charge in [0.05, 0.1) is 6.61 Å². The zero-order valence-corrected chi connectivity index (χ0v) is 13.3. The first-order valence-electron chi connectivity index (χ1n) is 6.91. The molecule has 0 saturated carbocycles. The summed E-state index contributed by atoms with van der Waals surface area (Å²) in [5.74, 6) is 0.00639. The Labute approximate surface area is 125 Å². The third kappa shape index (κ3) is 4.13. The highest BCUT2D eigenvalue weighted by Gasteiger charge is 2.12. The van der Waals surface area contributed by atoms with Crippen LogP contribution < -0.4 is 5.30 Å². The van der Waals surface area contributed by atoms with E-state index in [1.165, 1.54) is 0 Å². The average molecular weight is 302 g/mol. The van der Waals surface area contributed by atoms with Gasteiger partial charge in [-0.3, -0.25) is 9.36 Å². The molecule has 3 nitrogen and oxygen atoms in total. The van der Waals surface area contributed by atoms with E-state index in [1.807, 2.05) is 50.2 Å². The molecule has 1 atom stereocenters. The minimum absolute atomic E-state index is 0.00639. The van der Waals surface area contributed by atoms with Crippen LogP contribution in [0.3, 0.4) is 0 Å². The molecule has 2 aromatic carbocycles. The Kier molecular flexibility index (Phi) is 5.49. The molecule has 0 aromatic heterocycles. The van der Waals surface area contributed by atoms with Gasteiger partial charge < -0.3 is 4.52 Å². The van der Waals surface area contributed by atoms with Crippen LogP contribution in [0.5, 0.6) is 0 Å². The predicted molar refractivity (Wildman–Crippen MR) is 85.9 cm³/mol. The van der Waals surface area contributed by atoms with Crippen LogP contribution in [0.25, 0.3) is 0 Å². The Hall–Kier alpha value is -1.70. The number of aryl methyl sites for hydroxylation is 2. The van der Waals surface area contributed by atoms with Crippen LogP contribution in [-0.4, -0.2) is 12.4 Å². The van der Waals surface area contributed by atoms with Crippen molar-refractivity contribution >= 4 is 19.1 Å². The van der Waals surface area contributed by atoms with Gasteiger partial charge in [0.2, 0.25) is 8.03 Å². The van der Waals surface area contributed by atoms with E-state index in [1.54, 1.807) is 12.1 Å². The zero-order valence-electron chi connectivity index (χ0n) is 12.3. The molecule has 0 spiro atoms. The van der Waals surface area contributed by atoms with Gasteiger partial charge in [0.1, 0.15) is 0 Å². The molecule has 2 aromatic rings. The molecule has 0 fully saturated rings. The first kappa shape index (κ1) is 15.7. The normalized spacial score (nSPS) is 12.1. The molecular formula is C17H19O3P. The molecule has 0 aliphatic rings. The molecule has 4 heteroatoms. The van der Waals surface area contributed by atoms with Gasteiger partial charge in [-0.2, -0.15) is 0 Å². The second-order valence-corrected chi connectivity index (χ2v) is 6.31. The average Bonchev–Trinajstić information content (AvgIpc) is 2.48. The summed E-state index contributed by atoms with van der Waals surface area (Å²) in [7, 11) is -2.31. The highest BCUT2D eigenvalue weighted by molar-refractivity contribution is 7.48. The third-order valence-electron chi connectivity index (χ3n) is 3.34. The summed E-state index contributed by atoms with van der Waals surface area (Å²) >= 11 is 0. The molecule has 0 heterocycles. The lowest BCUT2D eigenvalue weighted by Gasteiger charge is -2.10. The Balaban J connectivity index is 1.92. The number of ketones is 1. The number of Topliss-reactive ketones (excluding diaryl/α,β-unsaturated/α-hetero) is 1. The molecule has 0 radical (unpaired) electrons. The summed E-state index contributed by atoms with van der Waals surface area (Å²) in [4.78, 5) is 11.9. The Morgan fingerprint density at radius 3 is 2.24 bits per heavy atom. The maximum absolute atomic E-state index is 12.3. The van der Waals surface area contributed by atoms with Crippen molar-refractivity contribution in [1.82, 2.24) is 0 Å². The molecular weight excluding hydrogens is 283 g/mol. The molecule has 0 bridgehead atoms. The summed E-state index contributed by atoms with van der Waals surface area (Å²) in [5.41, 5.74) is 2.59. The van der Waals surface area contributed by atoms with E-state index >= 15 is 0 Å². The van der Waals surface area contributed by atoms with Crippen molar-refractivity contribution in [1.29, 1.82) is 0 Å². The Morgan fingerprint density at radius 1 is 1.00 bits per heavy atom. The molecule has 2 rings (SSSR count). The summed E-state index contributed by atoms with van der Waals surface area (Å²) in [6.45, 7) is 4.02. The third-order valence-corrected chi connectivity index (χ3v) is 5.01. The van der Waals surface area contributed by atoms with Crippen molar-refractivity contribution in [3.05, 3.63) is 65.2 Å². The minimum Gasteiger partial charge on any atom is -0.327 e. The molecule has 0 aliphatic carbocycles. The van der Waals surface area contributed by atoms with E-state index in [9.17, 15) is 9.36 Å². The van der Waals surface area contributed by atoms with Crippen LogP contribution in [0.15, 0.2) is 48.5 Å². The monoisotopic (exact) mass is 302 g/mol.